The Bertz CT molecular complexity index is 531. The average Bonchev–Trinajstić information content (AvgIpc) is 2.85. The summed E-state index contributed by atoms with van der Waals surface area (Å²) in [6.07, 6.45) is 4.84. The van der Waals surface area contributed by atoms with Crippen molar-refractivity contribution in [3.05, 3.63) is 12.2 Å². The van der Waals surface area contributed by atoms with Gasteiger partial charge in [0.15, 0.2) is 0 Å². The van der Waals surface area contributed by atoms with E-state index in [2.05, 4.69) is 10.2 Å². The normalized spacial score (nSPS) is 21.2. The van der Waals surface area contributed by atoms with Gasteiger partial charge in [-0.2, -0.15) is 0 Å². The van der Waals surface area contributed by atoms with Gasteiger partial charge in [0.1, 0.15) is 12.2 Å². The molecule has 1 unspecified atom stereocenters. The Morgan fingerprint density at radius 1 is 1.45 bits per heavy atom. The number of piperidine rings is 1. The second-order valence-corrected chi connectivity index (χ2v) is 7.68. The highest BCUT2D eigenvalue weighted by Gasteiger charge is 2.31. The van der Waals surface area contributed by atoms with Crippen LogP contribution in [0.2, 0.25) is 0 Å². The molecule has 0 amide bonds. The lowest BCUT2D eigenvalue weighted by atomic mass is 9.99. The van der Waals surface area contributed by atoms with Gasteiger partial charge in [0.2, 0.25) is 10.0 Å². The first-order valence-corrected chi connectivity index (χ1v) is 9.06. The lowest BCUT2D eigenvalue weighted by molar-refractivity contribution is 0.305. The molecule has 0 aliphatic carbocycles. The maximum Gasteiger partial charge on any atom is 0.214 e. The fourth-order valence-electron chi connectivity index (χ4n) is 2.58. The van der Waals surface area contributed by atoms with Crippen molar-refractivity contribution < 1.29 is 8.42 Å². The Morgan fingerprint density at radius 3 is 2.90 bits per heavy atom. The molecule has 0 saturated carbocycles. The molecule has 1 aliphatic rings. The summed E-state index contributed by atoms with van der Waals surface area (Å²) in [5, 5.41) is 7.98. The van der Waals surface area contributed by atoms with Gasteiger partial charge in [-0.25, -0.2) is 12.7 Å². The summed E-state index contributed by atoms with van der Waals surface area (Å²) in [5.41, 5.74) is 0. The van der Waals surface area contributed by atoms with Gasteiger partial charge in [0, 0.05) is 31.9 Å². The second kappa shape index (κ2) is 6.87. The molecule has 6 nitrogen and oxygen atoms in total. The smallest absolute Gasteiger partial charge is 0.214 e. The molecule has 1 aromatic heterocycles. The van der Waals surface area contributed by atoms with Crippen LogP contribution in [0.4, 0.5) is 0 Å². The van der Waals surface area contributed by atoms with Gasteiger partial charge in [0.05, 0.1) is 5.75 Å². The van der Waals surface area contributed by atoms with Crippen LogP contribution in [0.1, 0.15) is 37.4 Å². The fourth-order valence-corrected chi connectivity index (χ4v) is 4.41. The highest BCUT2D eigenvalue weighted by molar-refractivity contribution is 7.89. The van der Waals surface area contributed by atoms with Crippen LogP contribution in [0, 0.1) is 0 Å². The fraction of sp³-hybridized carbons (Fsp3) is 0.833. The molecule has 0 N–H and O–H groups in total. The van der Waals surface area contributed by atoms with Crippen LogP contribution in [0.15, 0.2) is 6.33 Å². The molecule has 2 heterocycles. The minimum absolute atomic E-state index is 0.138. The van der Waals surface area contributed by atoms with Gasteiger partial charge in [-0.3, -0.25) is 0 Å². The molecule has 0 aromatic carbocycles. The van der Waals surface area contributed by atoms with E-state index in [-0.39, 0.29) is 11.7 Å². The number of hydrogen-bond donors (Lipinski definition) is 0. The van der Waals surface area contributed by atoms with Crippen molar-refractivity contribution in [3.63, 3.8) is 0 Å². The number of nitrogens with zero attached hydrogens (tertiary/aromatic N) is 4. The van der Waals surface area contributed by atoms with Crippen molar-refractivity contribution in [1.29, 1.82) is 0 Å². The SMILES string of the molecule is Cn1cnnc1C1CCCN(S(=O)(=O)CCCCCl)C1. The number of sulfonamides is 1. The van der Waals surface area contributed by atoms with Crippen molar-refractivity contribution >= 4 is 21.6 Å². The Labute approximate surface area is 125 Å². The molecule has 2 rings (SSSR count). The molecule has 0 radical (unpaired) electrons. The summed E-state index contributed by atoms with van der Waals surface area (Å²) in [5.74, 6) is 1.70. The van der Waals surface area contributed by atoms with E-state index in [4.69, 9.17) is 11.6 Å². The number of halogens is 1. The first-order valence-electron chi connectivity index (χ1n) is 6.92. The first-order chi connectivity index (χ1) is 9.54. The van der Waals surface area contributed by atoms with Crippen LogP contribution < -0.4 is 0 Å². The molecule has 8 heteroatoms. The van der Waals surface area contributed by atoms with E-state index >= 15 is 0 Å². The van der Waals surface area contributed by atoms with Crippen LogP contribution in [-0.2, 0) is 17.1 Å². The number of hydrogen-bond acceptors (Lipinski definition) is 4. The summed E-state index contributed by atoms with van der Waals surface area (Å²) >= 11 is 5.60. The molecule has 1 atom stereocenters. The number of alkyl halides is 1. The summed E-state index contributed by atoms with van der Waals surface area (Å²) in [6, 6.07) is 0. The van der Waals surface area contributed by atoms with Crippen LogP contribution in [0.5, 0.6) is 0 Å². The van der Waals surface area contributed by atoms with Gasteiger partial charge in [-0.1, -0.05) is 0 Å². The largest absolute Gasteiger partial charge is 0.320 e. The standard InChI is InChI=1S/C12H21ClN4O2S/c1-16-10-14-15-12(16)11-5-4-7-17(9-11)20(18,19)8-3-2-6-13/h10-11H,2-9H2,1H3. The number of aromatic nitrogens is 3. The molecule has 20 heavy (non-hydrogen) atoms. The van der Waals surface area contributed by atoms with Gasteiger partial charge >= 0.3 is 0 Å². The van der Waals surface area contributed by atoms with Gasteiger partial charge < -0.3 is 4.57 Å². The van der Waals surface area contributed by atoms with E-state index in [9.17, 15) is 8.42 Å². The third-order valence-corrected chi connectivity index (χ3v) is 5.87. The zero-order chi connectivity index (χ0) is 14.6. The van der Waals surface area contributed by atoms with E-state index in [0.717, 1.165) is 25.1 Å². The number of unbranched alkanes of at least 4 members (excludes halogenated alkanes) is 1. The minimum atomic E-state index is -3.18. The maximum atomic E-state index is 12.3. The van der Waals surface area contributed by atoms with Crippen molar-refractivity contribution in [2.45, 2.75) is 31.6 Å². The third-order valence-electron chi connectivity index (χ3n) is 3.67. The van der Waals surface area contributed by atoms with Crippen LogP contribution in [0.25, 0.3) is 0 Å². The Morgan fingerprint density at radius 2 is 2.25 bits per heavy atom. The number of rotatable bonds is 6. The highest BCUT2D eigenvalue weighted by Crippen LogP contribution is 2.27. The van der Waals surface area contributed by atoms with Crippen LogP contribution in [-0.4, -0.2) is 52.2 Å². The first kappa shape index (κ1) is 15.7. The van der Waals surface area contributed by atoms with Crippen LogP contribution >= 0.6 is 11.6 Å². The summed E-state index contributed by atoms with van der Waals surface area (Å²) in [4.78, 5) is 0. The zero-order valence-corrected chi connectivity index (χ0v) is 13.3. The van der Waals surface area contributed by atoms with Crippen molar-refractivity contribution in [1.82, 2.24) is 19.1 Å². The topological polar surface area (TPSA) is 68.1 Å². The van der Waals surface area contributed by atoms with Gasteiger partial charge in [-0.05, 0) is 25.7 Å². The molecule has 1 aromatic rings. The van der Waals surface area contributed by atoms with Crippen molar-refractivity contribution in [2.75, 3.05) is 24.7 Å². The summed E-state index contributed by atoms with van der Waals surface area (Å²) in [6.45, 7) is 1.12. The van der Waals surface area contributed by atoms with Crippen molar-refractivity contribution in [2.24, 2.45) is 7.05 Å². The highest BCUT2D eigenvalue weighted by atomic mass is 35.5. The maximum absolute atomic E-state index is 12.3. The predicted octanol–water partition coefficient (Wildman–Crippen LogP) is 1.34. The van der Waals surface area contributed by atoms with Crippen LogP contribution in [0.3, 0.4) is 0 Å². The third kappa shape index (κ3) is 3.71. The van der Waals surface area contributed by atoms with E-state index in [1.165, 1.54) is 0 Å². The Kier molecular flexibility index (Phi) is 5.40. The lowest BCUT2D eigenvalue weighted by Crippen LogP contribution is -2.40. The van der Waals surface area contributed by atoms with Crippen molar-refractivity contribution in [3.8, 4) is 0 Å². The molecule has 1 saturated heterocycles. The molecule has 1 aliphatic heterocycles. The van der Waals surface area contributed by atoms with Gasteiger partial charge in [-0.15, -0.1) is 21.8 Å². The molecule has 0 bridgehead atoms. The molecule has 0 spiro atoms. The monoisotopic (exact) mass is 320 g/mol. The predicted molar refractivity (Wildman–Crippen MR) is 78.3 cm³/mol. The quantitative estimate of drug-likeness (QED) is 0.586. The Balaban J connectivity index is 2.01. The van der Waals surface area contributed by atoms with E-state index in [0.29, 0.717) is 25.4 Å². The molecular formula is C12H21ClN4O2S. The zero-order valence-electron chi connectivity index (χ0n) is 11.7. The Hall–Kier alpha value is -0.660. The lowest BCUT2D eigenvalue weighted by Gasteiger charge is -2.31. The summed E-state index contributed by atoms with van der Waals surface area (Å²) in [7, 11) is -1.28. The van der Waals surface area contributed by atoms with E-state index in [1.54, 1.807) is 10.6 Å². The second-order valence-electron chi connectivity index (χ2n) is 5.21. The molecule has 114 valence electrons. The molecule has 1 fully saturated rings. The average molecular weight is 321 g/mol. The molecular weight excluding hydrogens is 300 g/mol. The van der Waals surface area contributed by atoms with E-state index < -0.39 is 10.0 Å². The minimum Gasteiger partial charge on any atom is -0.320 e. The van der Waals surface area contributed by atoms with Gasteiger partial charge in [0.25, 0.3) is 0 Å². The number of aryl methyl sites for hydroxylation is 1. The summed E-state index contributed by atoms with van der Waals surface area (Å²) < 4.78 is 28.1. The van der Waals surface area contributed by atoms with E-state index in [1.807, 2.05) is 11.6 Å².